The maximum Gasteiger partial charge on any atom is 0.132 e. The van der Waals surface area contributed by atoms with E-state index in [1.54, 1.807) is 0 Å². The van der Waals surface area contributed by atoms with Crippen LogP contribution in [0.2, 0.25) is 0 Å². The van der Waals surface area contributed by atoms with E-state index in [9.17, 15) is 0 Å². The number of hydrogen-bond donors (Lipinski definition) is 1. The van der Waals surface area contributed by atoms with Gasteiger partial charge in [0.1, 0.15) is 11.6 Å². The lowest BCUT2D eigenvalue weighted by molar-refractivity contribution is 0.596. The molecule has 1 aliphatic heterocycles. The monoisotopic (exact) mass is 220 g/mol. The number of rotatable bonds is 3. The van der Waals surface area contributed by atoms with Gasteiger partial charge in [-0.15, -0.1) is 0 Å². The summed E-state index contributed by atoms with van der Waals surface area (Å²) in [6.07, 6.45) is 2.56. The molecule has 88 valence electrons. The van der Waals surface area contributed by atoms with Gasteiger partial charge in [-0.3, -0.25) is 0 Å². The van der Waals surface area contributed by atoms with Crippen LogP contribution in [0.5, 0.6) is 0 Å². The molecule has 1 aromatic rings. The summed E-state index contributed by atoms with van der Waals surface area (Å²) in [6.45, 7) is 6.13. The number of aryl methyl sites for hydroxylation is 2. The SMILES string of the molecule is Cc1cc(N(C)CC2CCCN2)nc(C)n1. The Morgan fingerprint density at radius 1 is 1.44 bits per heavy atom. The second-order valence-electron chi connectivity index (χ2n) is 4.59. The van der Waals surface area contributed by atoms with Gasteiger partial charge in [-0.2, -0.15) is 0 Å². The first-order valence-corrected chi connectivity index (χ1v) is 5.92. The molecule has 4 nitrogen and oxygen atoms in total. The molecule has 2 heterocycles. The Morgan fingerprint density at radius 3 is 2.88 bits per heavy atom. The van der Waals surface area contributed by atoms with Gasteiger partial charge in [-0.05, 0) is 33.2 Å². The molecule has 1 atom stereocenters. The van der Waals surface area contributed by atoms with E-state index in [-0.39, 0.29) is 0 Å². The fraction of sp³-hybridized carbons (Fsp3) is 0.667. The minimum absolute atomic E-state index is 0.612. The zero-order valence-electron chi connectivity index (χ0n) is 10.3. The number of anilines is 1. The predicted octanol–water partition coefficient (Wildman–Crippen LogP) is 1.28. The fourth-order valence-electron chi connectivity index (χ4n) is 2.23. The molecule has 16 heavy (non-hydrogen) atoms. The summed E-state index contributed by atoms with van der Waals surface area (Å²) in [5, 5.41) is 3.50. The van der Waals surface area contributed by atoms with Gasteiger partial charge in [-0.25, -0.2) is 9.97 Å². The van der Waals surface area contributed by atoms with E-state index < -0.39 is 0 Å². The average molecular weight is 220 g/mol. The predicted molar refractivity (Wildman–Crippen MR) is 65.8 cm³/mol. The largest absolute Gasteiger partial charge is 0.358 e. The first kappa shape index (κ1) is 11.3. The molecule has 1 saturated heterocycles. The molecule has 1 N–H and O–H groups in total. The van der Waals surface area contributed by atoms with Gasteiger partial charge in [0.05, 0.1) is 0 Å². The molecule has 2 rings (SSSR count). The number of likely N-dealkylation sites (N-methyl/N-ethyl adjacent to an activating group) is 1. The van der Waals surface area contributed by atoms with Gasteiger partial charge in [0.15, 0.2) is 0 Å². The molecule has 1 aliphatic rings. The van der Waals surface area contributed by atoms with Crippen LogP contribution >= 0.6 is 0 Å². The van der Waals surface area contributed by atoms with Crippen molar-refractivity contribution in [3.05, 3.63) is 17.6 Å². The highest BCUT2D eigenvalue weighted by Crippen LogP contribution is 2.13. The second kappa shape index (κ2) is 4.78. The van der Waals surface area contributed by atoms with E-state index in [0.717, 1.165) is 30.4 Å². The summed E-state index contributed by atoms with van der Waals surface area (Å²) in [6, 6.07) is 2.66. The Labute approximate surface area is 97.1 Å². The van der Waals surface area contributed by atoms with E-state index in [1.807, 2.05) is 19.9 Å². The number of nitrogens with one attached hydrogen (secondary N) is 1. The van der Waals surface area contributed by atoms with Crippen molar-refractivity contribution in [2.75, 3.05) is 25.0 Å². The van der Waals surface area contributed by atoms with E-state index in [1.165, 1.54) is 12.8 Å². The normalized spacial score (nSPS) is 20.1. The third kappa shape index (κ3) is 2.70. The second-order valence-corrected chi connectivity index (χ2v) is 4.59. The quantitative estimate of drug-likeness (QED) is 0.833. The van der Waals surface area contributed by atoms with Gasteiger partial charge in [0.25, 0.3) is 0 Å². The van der Waals surface area contributed by atoms with Crippen LogP contribution in [0.4, 0.5) is 5.82 Å². The zero-order valence-corrected chi connectivity index (χ0v) is 10.3. The molecule has 1 aromatic heterocycles. The highest BCUT2D eigenvalue weighted by molar-refractivity contribution is 5.38. The average Bonchev–Trinajstić information content (AvgIpc) is 2.68. The topological polar surface area (TPSA) is 41.0 Å². The van der Waals surface area contributed by atoms with E-state index >= 15 is 0 Å². The molecule has 1 unspecified atom stereocenters. The number of nitrogens with zero attached hydrogens (tertiary/aromatic N) is 3. The molecule has 0 spiro atoms. The van der Waals surface area contributed by atoms with Gasteiger partial charge in [0, 0.05) is 31.4 Å². The van der Waals surface area contributed by atoms with E-state index in [0.29, 0.717) is 6.04 Å². The van der Waals surface area contributed by atoms with Gasteiger partial charge in [-0.1, -0.05) is 0 Å². The molecule has 0 aliphatic carbocycles. The molecule has 0 amide bonds. The third-order valence-electron chi connectivity index (χ3n) is 3.00. The minimum Gasteiger partial charge on any atom is -0.358 e. The van der Waals surface area contributed by atoms with Crippen LogP contribution in [0.25, 0.3) is 0 Å². The van der Waals surface area contributed by atoms with Gasteiger partial charge >= 0.3 is 0 Å². The highest BCUT2D eigenvalue weighted by atomic mass is 15.2. The lowest BCUT2D eigenvalue weighted by atomic mass is 10.2. The smallest absolute Gasteiger partial charge is 0.132 e. The molecular weight excluding hydrogens is 200 g/mol. The summed E-state index contributed by atoms with van der Waals surface area (Å²) in [5.41, 5.74) is 1.04. The van der Waals surface area contributed by atoms with E-state index in [2.05, 4.69) is 27.2 Å². The summed E-state index contributed by atoms with van der Waals surface area (Å²) in [7, 11) is 2.10. The first-order chi connectivity index (χ1) is 7.65. The summed E-state index contributed by atoms with van der Waals surface area (Å²) < 4.78 is 0. The Kier molecular flexibility index (Phi) is 3.39. The van der Waals surface area contributed by atoms with E-state index in [4.69, 9.17) is 0 Å². The fourth-order valence-corrected chi connectivity index (χ4v) is 2.23. The maximum atomic E-state index is 4.46. The number of hydrogen-bond acceptors (Lipinski definition) is 4. The van der Waals surface area contributed by atoms with Crippen LogP contribution in [-0.2, 0) is 0 Å². The zero-order chi connectivity index (χ0) is 11.5. The molecule has 0 saturated carbocycles. The van der Waals surface area contributed by atoms with Crippen molar-refractivity contribution in [2.24, 2.45) is 0 Å². The Balaban J connectivity index is 2.04. The maximum absolute atomic E-state index is 4.46. The number of aromatic nitrogens is 2. The van der Waals surface area contributed by atoms with Gasteiger partial charge in [0.2, 0.25) is 0 Å². The van der Waals surface area contributed by atoms with Gasteiger partial charge < -0.3 is 10.2 Å². The Bertz CT molecular complexity index is 338. The molecule has 1 fully saturated rings. The van der Waals surface area contributed by atoms with Crippen LogP contribution in [0, 0.1) is 13.8 Å². The summed E-state index contributed by atoms with van der Waals surface area (Å²) in [5.74, 6) is 1.87. The van der Waals surface area contributed by atoms with Crippen molar-refractivity contribution in [2.45, 2.75) is 32.7 Å². The van der Waals surface area contributed by atoms with Crippen LogP contribution in [0.15, 0.2) is 6.07 Å². The minimum atomic E-state index is 0.612. The third-order valence-corrected chi connectivity index (χ3v) is 3.00. The van der Waals surface area contributed by atoms with Crippen LogP contribution in [-0.4, -0.2) is 36.1 Å². The van der Waals surface area contributed by atoms with Crippen molar-refractivity contribution in [1.29, 1.82) is 0 Å². The molecule has 0 radical (unpaired) electrons. The summed E-state index contributed by atoms with van der Waals surface area (Å²) >= 11 is 0. The van der Waals surface area contributed by atoms with Crippen LogP contribution < -0.4 is 10.2 Å². The van der Waals surface area contributed by atoms with Crippen LogP contribution in [0.3, 0.4) is 0 Å². The van der Waals surface area contributed by atoms with Crippen molar-refractivity contribution < 1.29 is 0 Å². The highest BCUT2D eigenvalue weighted by Gasteiger charge is 2.16. The summed E-state index contributed by atoms with van der Waals surface area (Å²) in [4.78, 5) is 11.0. The lowest BCUT2D eigenvalue weighted by Gasteiger charge is -2.22. The lowest BCUT2D eigenvalue weighted by Crippen LogP contribution is -2.35. The Hall–Kier alpha value is -1.16. The molecular formula is C12H20N4. The van der Waals surface area contributed by atoms with Crippen LogP contribution in [0.1, 0.15) is 24.4 Å². The molecule has 4 heteroatoms. The van der Waals surface area contributed by atoms with Crippen molar-refractivity contribution in [1.82, 2.24) is 15.3 Å². The Morgan fingerprint density at radius 2 is 2.25 bits per heavy atom. The van der Waals surface area contributed by atoms with Crippen molar-refractivity contribution in [3.63, 3.8) is 0 Å². The molecule has 0 aromatic carbocycles. The van der Waals surface area contributed by atoms with Crippen molar-refractivity contribution in [3.8, 4) is 0 Å². The first-order valence-electron chi connectivity index (χ1n) is 5.92. The standard InChI is InChI=1S/C12H20N4/c1-9-7-12(15-10(2)14-9)16(3)8-11-5-4-6-13-11/h7,11,13H,4-6,8H2,1-3H3. The molecule has 0 bridgehead atoms. The van der Waals surface area contributed by atoms with Crippen molar-refractivity contribution >= 4 is 5.82 Å².